The van der Waals surface area contributed by atoms with Crippen molar-refractivity contribution in [2.75, 3.05) is 6.61 Å². The summed E-state index contributed by atoms with van der Waals surface area (Å²) in [6, 6.07) is 9.81. The lowest BCUT2D eigenvalue weighted by Crippen LogP contribution is -1.95. The maximum absolute atomic E-state index is 5.52. The zero-order valence-electron chi connectivity index (χ0n) is 8.53. The molecular weight excluding hydrogens is 186 g/mol. The SMILES string of the molecule is CC#CCOc1cccc2cccnc12. The number of benzene rings is 1. The highest BCUT2D eigenvalue weighted by atomic mass is 16.5. The summed E-state index contributed by atoms with van der Waals surface area (Å²) in [7, 11) is 0. The van der Waals surface area contributed by atoms with E-state index in [4.69, 9.17) is 4.74 Å². The van der Waals surface area contributed by atoms with Crippen LogP contribution in [-0.4, -0.2) is 11.6 Å². The van der Waals surface area contributed by atoms with Crippen LogP contribution in [0.25, 0.3) is 10.9 Å². The molecule has 2 aromatic rings. The fourth-order valence-electron chi connectivity index (χ4n) is 1.38. The van der Waals surface area contributed by atoms with Crippen molar-refractivity contribution in [1.29, 1.82) is 0 Å². The second kappa shape index (κ2) is 4.47. The van der Waals surface area contributed by atoms with E-state index in [0.29, 0.717) is 6.61 Å². The first kappa shape index (κ1) is 9.54. The van der Waals surface area contributed by atoms with Crippen LogP contribution in [0.15, 0.2) is 36.5 Å². The van der Waals surface area contributed by atoms with Crippen LogP contribution in [0.5, 0.6) is 5.75 Å². The van der Waals surface area contributed by atoms with E-state index in [1.807, 2.05) is 30.3 Å². The topological polar surface area (TPSA) is 22.1 Å². The van der Waals surface area contributed by atoms with Crippen LogP contribution in [0.3, 0.4) is 0 Å². The zero-order chi connectivity index (χ0) is 10.5. The average molecular weight is 197 g/mol. The van der Waals surface area contributed by atoms with Crippen molar-refractivity contribution < 1.29 is 4.74 Å². The van der Waals surface area contributed by atoms with Crippen LogP contribution in [0, 0.1) is 11.8 Å². The number of aromatic nitrogens is 1. The molecule has 74 valence electrons. The van der Waals surface area contributed by atoms with Gasteiger partial charge in [-0.05, 0) is 19.1 Å². The normalized spacial score (nSPS) is 9.40. The maximum atomic E-state index is 5.52. The lowest BCUT2D eigenvalue weighted by Gasteiger charge is -2.04. The molecule has 1 aromatic carbocycles. The molecule has 0 amide bonds. The highest BCUT2D eigenvalue weighted by Gasteiger charge is 2.00. The predicted molar refractivity (Wildman–Crippen MR) is 60.7 cm³/mol. The van der Waals surface area contributed by atoms with Gasteiger partial charge in [0.05, 0.1) is 0 Å². The molecule has 0 saturated carbocycles. The van der Waals surface area contributed by atoms with Gasteiger partial charge in [0.2, 0.25) is 0 Å². The van der Waals surface area contributed by atoms with Crippen molar-refractivity contribution in [2.24, 2.45) is 0 Å². The average Bonchev–Trinajstić information content (AvgIpc) is 2.30. The van der Waals surface area contributed by atoms with E-state index in [1.165, 1.54) is 0 Å². The van der Waals surface area contributed by atoms with Gasteiger partial charge in [-0.25, -0.2) is 0 Å². The summed E-state index contributed by atoms with van der Waals surface area (Å²) >= 11 is 0. The van der Waals surface area contributed by atoms with Gasteiger partial charge in [0.1, 0.15) is 17.9 Å². The molecule has 0 fully saturated rings. The Morgan fingerprint density at radius 2 is 2.13 bits per heavy atom. The molecule has 2 rings (SSSR count). The molecule has 0 unspecified atom stereocenters. The molecule has 2 heteroatoms. The summed E-state index contributed by atoms with van der Waals surface area (Å²) in [5, 5.41) is 1.08. The third kappa shape index (κ3) is 2.08. The van der Waals surface area contributed by atoms with Gasteiger partial charge in [-0.2, -0.15) is 0 Å². The summed E-state index contributed by atoms with van der Waals surface area (Å²) in [5.41, 5.74) is 0.887. The van der Waals surface area contributed by atoms with Crippen LogP contribution in [0.4, 0.5) is 0 Å². The predicted octanol–water partition coefficient (Wildman–Crippen LogP) is 2.64. The van der Waals surface area contributed by atoms with E-state index in [0.717, 1.165) is 16.7 Å². The van der Waals surface area contributed by atoms with Gasteiger partial charge in [0.15, 0.2) is 0 Å². The van der Waals surface area contributed by atoms with E-state index in [1.54, 1.807) is 13.1 Å². The second-order valence-electron chi connectivity index (χ2n) is 3.05. The summed E-state index contributed by atoms with van der Waals surface area (Å²) in [5.74, 6) is 6.44. The molecule has 0 N–H and O–H groups in total. The molecule has 1 heterocycles. The largest absolute Gasteiger partial charge is 0.479 e. The van der Waals surface area contributed by atoms with Crippen molar-refractivity contribution in [1.82, 2.24) is 4.98 Å². The molecule has 2 nitrogen and oxygen atoms in total. The van der Waals surface area contributed by atoms with Gasteiger partial charge in [-0.1, -0.05) is 24.1 Å². The number of ether oxygens (including phenoxy) is 1. The van der Waals surface area contributed by atoms with Gasteiger partial charge in [0.25, 0.3) is 0 Å². The van der Waals surface area contributed by atoms with Gasteiger partial charge in [0, 0.05) is 11.6 Å². The molecule has 0 bridgehead atoms. The molecule has 0 spiro atoms. The van der Waals surface area contributed by atoms with Crippen molar-refractivity contribution in [2.45, 2.75) is 6.92 Å². The Kier molecular flexibility index (Phi) is 2.85. The first-order valence-corrected chi connectivity index (χ1v) is 4.78. The Labute approximate surface area is 88.9 Å². The van der Waals surface area contributed by atoms with E-state index < -0.39 is 0 Å². The van der Waals surface area contributed by atoms with E-state index in [9.17, 15) is 0 Å². The van der Waals surface area contributed by atoms with Crippen LogP contribution in [0.1, 0.15) is 6.92 Å². The number of pyridine rings is 1. The first-order valence-electron chi connectivity index (χ1n) is 4.78. The minimum Gasteiger partial charge on any atom is -0.479 e. The monoisotopic (exact) mass is 197 g/mol. The van der Waals surface area contributed by atoms with Gasteiger partial charge in [-0.15, -0.1) is 5.92 Å². The smallest absolute Gasteiger partial charge is 0.149 e. The fraction of sp³-hybridized carbons (Fsp3) is 0.154. The maximum Gasteiger partial charge on any atom is 0.149 e. The molecule has 0 atom stereocenters. The first-order chi connectivity index (χ1) is 7.42. The molecule has 15 heavy (non-hydrogen) atoms. The molecule has 1 aromatic heterocycles. The molecule has 0 aliphatic rings. The molecule has 0 radical (unpaired) electrons. The zero-order valence-corrected chi connectivity index (χ0v) is 8.53. The van der Waals surface area contributed by atoms with Crippen LogP contribution in [-0.2, 0) is 0 Å². The number of para-hydroxylation sites is 1. The lowest BCUT2D eigenvalue weighted by atomic mass is 10.2. The Hall–Kier alpha value is -2.01. The van der Waals surface area contributed by atoms with E-state index >= 15 is 0 Å². The minimum absolute atomic E-state index is 0.409. The number of nitrogens with zero attached hydrogens (tertiary/aromatic N) is 1. The Bertz CT molecular complexity index is 517. The third-order valence-corrected chi connectivity index (χ3v) is 2.07. The number of rotatable bonds is 2. The molecule has 0 aliphatic carbocycles. The van der Waals surface area contributed by atoms with Crippen molar-refractivity contribution in [3.8, 4) is 17.6 Å². The minimum atomic E-state index is 0.409. The van der Waals surface area contributed by atoms with Gasteiger partial charge in [-0.3, -0.25) is 4.98 Å². The number of fused-ring (bicyclic) bond motifs is 1. The summed E-state index contributed by atoms with van der Waals surface area (Å²) < 4.78 is 5.52. The van der Waals surface area contributed by atoms with Crippen LogP contribution < -0.4 is 4.74 Å². The third-order valence-electron chi connectivity index (χ3n) is 2.07. The second-order valence-corrected chi connectivity index (χ2v) is 3.05. The Balaban J connectivity index is 2.36. The highest BCUT2D eigenvalue weighted by Crippen LogP contribution is 2.22. The summed E-state index contributed by atoms with van der Waals surface area (Å²) in [4.78, 5) is 4.29. The lowest BCUT2D eigenvalue weighted by molar-refractivity contribution is 0.374. The summed E-state index contributed by atoms with van der Waals surface area (Å²) in [6.45, 7) is 2.21. The standard InChI is InChI=1S/C13H11NO/c1-2-3-10-15-12-8-4-6-11-7-5-9-14-13(11)12/h4-9H,10H2,1H3. The van der Waals surface area contributed by atoms with Crippen molar-refractivity contribution in [3.05, 3.63) is 36.5 Å². The van der Waals surface area contributed by atoms with E-state index in [-0.39, 0.29) is 0 Å². The van der Waals surface area contributed by atoms with Crippen LogP contribution in [0.2, 0.25) is 0 Å². The number of hydrogen-bond donors (Lipinski definition) is 0. The fourth-order valence-corrected chi connectivity index (χ4v) is 1.38. The highest BCUT2D eigenvalue weighted by molar-refractivity contribution is 5.84. The molecule has 0 aliphatic heterocycles. The Morgan fingerprint density at radius 1 is 1.27 bits per heavy atom. The van der Waals surface area contributed by atoms with Gasteiger partial charge >= 0.3 is 0 Å². The quantitative estimate of drug-likeness (QED) is 0.690. The van der Waals surface area contributed by atoms with Crippen LogP contribution >= 0.6 is 0 Å². The van der Waals surface area contributed by atoms with Crippen molar-refractivity contribution in [3.63, 3.8) is 0 Å². The number of hydrogen-bond acceptors (Lipinski definition) is 2. The Morgan fingerprint density at radius 3 is 3.00 bits per heavy atom. The van der Waals surface area contributed by atoms with Crippen molar-refractivity contribution >= 4 is 10.9 Å². The van der Waals surface area contributed by atoms with Gasteiger partial charge < -0.3 is 4.74 Å². The van der Waals surface area contributed by atoms with E-state index in [2.05, 4.69) is 16.8 Å². The molecular formula is C13H11NO. The molecule has 0 saturated heterocycles. The summed E-state index contributed by atoms with van der Waals surface area (Å²) in [6.07, 6.45) is 1.76.